The highest BCUT2D eigenvalue weighted by molar-refractivity contribution is 5.69. The quantitative estimate of drug-likeness (QED) is 0.0683. The molecule has 4 heteroatoms. The topological polar surface area (TPSA) is 63.6 Å². The molecule has 0 fully saturated rings. The van der Waals surface area contributed by atoms with Crippen molar-refractivity contribution in [3.8, 4) is 0 Å². The third kappa shape index (κ3) is 33.0. The lowest BCUT2D eigenvalue weighted by molar-refractivity contribution is -0.144. The van der Waals surface area contributed by atoms with E-state index >= 15 is 0 Å². The molecule has 0 unspecified atom stereocenters. The molecule has 1 N–H and O–H groups in total. The molecular weight excluding hydrogens is 472 g/mol. The summed E-state index contributed by atoms with van der Waals surface area (Å²) < 4.78 is 5.38. The molecule has 38 heavy (non-hydrogen) atoms. The van der Waals surface area contributed by atoms with Crippen LogP contribution in [0.2, 0.25) is 0 Å². The predicted octanol–water partition coefficient (Wildman–Crippen LogP) is 11.3. The Bertz CT molecular complexity index is 491. The molecule has 0 heterocycles. The van der Waals surface area contributed by atoms with Gasteiger partial charge in [-0.2, -0.15) is 0 Å². The largest absolute Gasteiger partial charge is 0.481 e. The summed E-state index contributed by atoms with van der Waals surface area (Å²) in [6, 6.07) is 0. The highest BCUT2D eigenvalue weighted by atomic mass is 16.5. The molecule has 0 bridgehead atoms. The van der Waals surface area contributed by atoms with Crippen molar-refractivity contribution in [2.45, 2.75) is 200 Å². The van der Waals surface area contributed by atoms with Crippen LogP contribution in [-0.2, 0) is 14.3 Å². The van der Waals surface area contributed by atoms with E-state index < -0.39 is 5.97 Å². The maximum atomic E-state index is 11.8. The third-order valence-electron chi connectivity index (χ3n) is 7.78. The lowest BCUT2D eigenvalue weighted by atomic mass is 10.0. The van der Waals surface area contributed by atoms with Crippen molar-refractivity contribution in [3.63, 3.8) is 0 Å². The summed E-state index contributed by atoms with van der Waals surface area (Å²) in [7, 11) is 0. The predicted molar refractivity (Wildman–Crippen MR) is 163 cm³/mol. The summed E-state index contributed by atoms with van der Waals surface area (Å²) in [5.74, 6) is -0.723. The molecule has 0 aliphatic carbocycles. The minimum absolute atomic E-state index is 0.0310. The second kappa shape index (κ2) is 32.2. The molecule has 0 aromatic heterocycles. The maximum Gasteiger partial charge on any atom is 0.305 e. The standard InChI is InChI=1S/C34H66O4/c1-2-3-4-5-6-7-8-9-10-11-12-13-14-15-16-17-20-23-26-29-32-38-34(37)31-28-25-22-19-18-21-24-27-30-33(35)36/h2-32H2,1H3,(H,35,36). The number of ether oxygens (including phenoxy) is 1. The number of carbonyl (C=O) groups excluding carboxylic acids is 1. The van der Waals surface area contributed by atoms with Gasteiger partial charge in [-0.25, -0.2) is 0 Å². The van der Waals surface area contributed by atoms with Gasteiger partial charge in [0, 0.05) is 12.8 Å². The van der Waals surface area contributed by atoms with Crippen LogP contribution in [0.5, 0.6) is 0 Å². The lowest BCUT2D eigenvalue weighted by Crippen LogP contribution is -2.05. The van der Waals surface area contributed by atoms with Crippen molar-refractivity contribution in [3.05, 3.63) is 0 Å². The minimum Gasteiger partial charge on any atom is -0.481 e. The van der Waals surface area contributed by atoms with Crippen LogP contribution in [0.3, 0.4) is 0 Å². The monoisotopic (exact) mass is 538 g/mol. The van der Waals surface area contributed by atoms with Crippen molar-refractivity contribution in [1.82, 2.24) is 0 Å². The molecule has 0 atom stereocenters. The van der Waals surface area contributed by atoms with Crippen LogP contribution in [-0.4, -0.2) is 23.7 Å². The van der Waals surface area contributed by atoms with Crippen LogP contribution in [0.15, 0.2) is 0 Å². The lowest BCUT2D eigenvalue weighted by Gasteiger charge is -2.06. The van der Waals surface area contributed by atoms with Gasteiger partial charge >= 0.3 is 11.9 Å². The van der Waals surface area contributed by atoms with Crippen LogP contribution >= 0.6 is 0 Å². The van der Waals surface area contributed by atoms with E-state index in [2.05, 4.69) is 6.92 Å². The first-order valence-corrected chi connectivity index (χ1v) is 17.0. The first-order chi connectivity index (χ1) is 18.7. The van der Waals surface area contributed by atoms with Crippen LogP contribution in [0.1, 0.15) is 200 Å². The van der Waals surface area contributed by atoms with Gasteiger partial charge in [-0.15, -0.1) is 0 Å². The van der Waals surface area contributed by atoms with E-state index in [1.54, 1.807) is 0 Å². The Morgan fingerprint density at radius 3 is 1.05 bits per heavy atom. The van der Waals surface area contributed by atoms with Crippen LogP contribution in [0.25, 0.3) is 0 Å². The van der Waals surface area contributed by atoms with Crippen LogP contribution < -0.4 is 0 Å². The summed E-state index contributed by atoms with van der Waals surface area (Å²) in [6.45, 7) is 2.88. The molecule has 0 aromatic rings. The molecular formula is C34H66O4. The number of carboxylic acids is 1. The summed E-state index contributed by atoms with van der Waals surface area (Å²) in [4.78, 5) is 22.3. The van der Waals surface area contributed by atoms with Gasteiger partial charge in [-0.3, -0.25) is 9.59 Å². The van der Waals surface area contributed by atoms with Gasteiger partial charge in [0.25, 0.3) is 0 Å². The van der Waals surface area contributed by atoms with E-state index in [-0.39, 0.29) is 5.97 Å². The van der Waals surface area contributed by atoms with Crippen molar-refractivity contribution in [1.29, 1.82) is 0 Å². The minimum atomic E-state index is -0.692. The van der Waals surface area contributed by atoms with Crippen molar-refractivity contribution >= 4 is 11.9 Å². The average Bonchev–Trinajstić information content (AvgIpc) is 2.90. The molecule has 226 valence electrons. The summed E-state index contributed by atoms with van der Waals surface area (Å²) >= 11 is 0. The van der Waals surface area contributed by atoms with Crippen LogP contribution in [0.4, 0.5) is 0 Å². The van der Waals surface area contributed by atoms with Crippen molar-refractivity contribution in [2.75, 3.05) is 6.61 Å². The average molecular weight is 539 g/mol. The molecule has 0 aliphatic heterocycles. The number of hydrogen-bond acceptors (Lipinski definition) is 3. The molecule has 0 amide bonds. The van der Waals surface area contributed by atoms with E-state index in [9.17, 15) is 9.59 Å². The van der Waals surface area contributed by atoms with Gasteiger partial charge in [0.15, 0.2) is 0 Å². The number of carbonyl (C=O) groups is 2. The highest BCUT2D eigenvalue weighted by Gasteiger charge is 2.03. The fraction of sp³-hybridized carbons (Fsp3) is 0.941. The Morgan fingerprint density at radius 2 is 0.711 bits per heavy atom. The van der Waals surface area contributed by atoms with E-state index in [1.165, 1.54) is 135 Å². The van der Waals surface area contributed by atoms with E-state index in [0.29, 0.717) is 19.4 Å². The van der Waals surface area contributed by atoms with Crippen molar-refractivity contribution < 1.29 is 19.4 Å². The number of hydrogen-bond donors (Lipinski definition) is 1. The van der Waals surface area contributed by atoms with Gasteiger partial charge in [0.2, 0.25) is 0 Å². The second-order valence-corrected chi connectivity index (χ2v) is 11.7. The van der Waals surface area contributed by atoms with E-state index in [0.717, 1.165) is 44.9 Å². The Balaban J connectivity index is 3.14. The van der Waals surface area contributed by atoms with E-state index in [1.807, 2.05) is 0 Å². The Labute approximate surface area is 237 Å². The number of carboxylic acid groups (broad SMARTS) is 1. The molecule has 0 aliphatic rings. The van der Waals surface area contributed by atoms with E-state index in [4.69, 9.17) is 9.84 Å². The number of rotatable bonds is 32. The summed E-state index contributed by atoms with van der Waals surface area (Å²) in [5.41, 5.74) is 0. The molecule has 0 aromatic carbocycles. The fourth-order valence-corrected chi connectivity index (χ4v) is 5.22. The zero-order chi connectivity index (χ0) is 27.8. The SMILES string of the molecule is CCCCCCCCCCCCCCCCCCCCCCOC(=O)CCCCCCCCCCC(=O)O. The first-order valence-electron chi connectivity index (χ1n) is 17.0. The smallest absolute Gasteiger partial charge is 0.305 e. The number of aliphatic carboxylic acids is 1. The molecule has 0 saturated heterocycles. The maximum absolute atomic E-state index is 11.8. The molecule has 0 radical (unpaired) electrons. The van der Waals surface area contributed by atoms with Gasteiger partial charge < -0.3 is 9.84 Å². The molecule has 4 nitrogen and oxygen atoms in total. The van der Waals surface area contributed by atoms with Crippen molar-refractivity contribution in [2.24, 2.45) is 0 Å². The highest BCUT2D eigenvalue weighted by Crippen LogP contribution is 2.15. The fourth-order valence-electron chi connectivity index (χ4n) is 5.22. The number of unbranched alkanes of at least 4 members (excludes halogenated alkanes) is 26. The van der Waals surface area contributed by atoms with Crippen LogP contribution in [0, 0.1) is 0 Å². The third-order valence-corrected chi connectivity index (χ3v) is 7.78. The zero-order valence-electron chi connectivity index (χ0n) is 25.6. The Hall–Kier alpha value is -1.06. The molecule has 0 saturated carbocycles. The van der Waals surface area contributed by atoms with Gasteiger partial charge in [-0.05, 0) is 19.3 Å². The molecule has 0 spiro atoms. The van der Waals surface area contributed by atoms with Gasteiger partial charge in [-0.1, -0.05) is 167 Å². The second-order valence-electron chi connectivity index (χ2n) is 11.7. The molecule has 0 rings (SSSR count). The normalized spacial score (nSPS) is 11.2. The summed E-state index contributed by atoms with van der Waals surface area (Å²) in [5, 5.41) is 8.61. The number of esters is 1. The van der Waals surface area contributed by atoms with Gasteiger partial charge in [0.05, 0.1) is 6.61 Å². The summed E-state index contributed by atoms with van der Waals surface area (Å²) in [6.07, 6.45) is 36.9. The Kier molecular flexibility index (Phi) is 31.3. The first kappa shape index (κ1) is 36.9. The zero-order valence-corrected chi connectivity index (χ0v) is 25.6. The Morgan fingerprint density at radius 1 is 0.421 bits per heavy atom. The van der Waals surface area contributed by atoms with Gasteiger partial charge in [0.1, 0.15) is 0 Å².